The Balaban J connectivity index is 1.41. The van der Waals surface area contributed by atoms with Gasteiger partial charge in [0.2, 0.25) is 0 Å². The lowest BCUT2D eigenvalue weighted by molar-refractivity contribution is -0.193. The number of hydroxylamine groups is 2. The fourth-order valence-corrected chi connectivity index (χ4v) is 2.42. The molecule has 0 atom stereocenters. The largest absolute Gasteiger partial charge is 0.482 e. The predicted molar refractivity (Wildman–Crippen MR) is 86.1 cm³/mol. The summed E-state index contributed by atoms with van der Waals surface area (Å²) >= 11 is 0. The highest BCUT2D eigenvalue weighted by Crippen LogP contribution is 2.15. The molecule has 2 aromatic rings. The number of nitrogens with zero attached hydrogens (tertiary/aromatic N) is 3. The number of carbonyl (C=O) groups excluding carboxylic acids is 1. The maximum atomic E-state index is 11.8. The SMILES string of the molecule is O=C(COc1ccccc1)ON1CCN(c2ccncc2)CC1. The zero-order valence-electron chi connectivity index (χ0n) is 12.8. The van der Waals surface area contributed by atoms with Gasteiger partial charge in [-0.2, -0.15) is 0 Å². The summed E-state index contributed by atoms with van der Waals surface area (Å²) in [6.45, 7) is 2.85. The minimum atomic E-state index is -0.383. The van der Waals surface area contributed by atoms with E-state index in [0.29, 0.717) is 18.8 Å². The van der Waals surface area contributed by atoms with Crippen molar-refractivity contribution in [1.82, 2.24) is 10.0 Å². The van der Waals surface area contributed by atoms with Gasteiger partial charge in [0.25, 0.3) is 0 Å². The number of piperazine rings is 1. The van der Waals surface area contributed by atoms with Crippen LogP contribution in [0.5, 0.6) is 5.75 Å². The van der Waals surface area contributed by atoms with E-state index in [1.54, 1.807) is 29.6 Å². The third-order valence-corrected chi connectivity index (χ3v) is 3.60. The molecule has 1 aliphatic heterocycles. The number of para-hydroxylation sites is 1. The van der Waals surface area contributed by atoms with Crippen LogP contribution in [0.4, 0.5) is 5.69 Å². The minimum Gasteiger partial charge on any atom is -0.482 e. The van der Waals surface area contributed by atoms with Gasteiger partial charge in [0.05, 0.1) is 13.1 Å². The summed E-state index contributed by atoms with van der Waals surface area (Å²) in [4.78, 5) is 23.4. The molecule has 0 radical (unpaired) electrons. The van der Waals surface area contributed by atoms with E-state index in [1.165, 1.54) is 0 Å². The van der Waals surface area contributed by atoms with Crippen LogP contribution in [0.25, 0.3) is 0 Å². The molecule has 1 fully saturated rings. The Labute approximate surface area is 135 Å². The molecular formula is C17H19N3O3. The van der Waals surface area contributed by atoms with Crippen molar-refractivity contribution in [1.29, 1.82) is 0 Å². The summed E-state index contributed by atoms with van der Waals surface area (Å²) in [5.41, 5.74) is 1.14. The lowest BCUT2D eigenvalue weighted by atomic mass is 10.3. The van der Waals surface area contributed by atoms with Crippen molar-refractivity contribution in [2.75, 3.05) is 37.7 Å². The third-order valence-electron chi connectivity index (χ3n) is 3.60. The summed E-state index contributed by atoms with van der Waals surface area (Å²) in [7, 11) is 0. The summed E-state index contributed by atoms with van der Waals surface area (Å²) in [6.07, 6.45) is 3.56. The van der Waals surface area contributed by atoms with Gasteiger partial charge < -0.3 is 14.5 Å². The monoisotopic (exact) mass is 313 g/mol. The number of benzene rings is 1. The third kappa shape index (κ3) is 4.43. The Morgan fingerprint density at radius 1 is 1.00 bits per heavy atom. The van der Waals surface area contributed by atoms with Crippen molar-refractivity contribution in [2.24, 2.45) is 0 Å². The smallest absolute Gasteiger partial charge is 0.362 e. The summed E-state index contributed by atoms with van der Waals surface area (Å²) in [6, 6.07) is 13.2. The molecule has 6 nitrogen and oxygen atoms in total. The van der Waals surface area contributed by atoms with Crippen LogP contribution in [0.2, 0.25) is 0 Å². The van der Waals surface area contributed by atoms with Crippen molar-refractivity contribution in [2.45, 2.75) is 0 Å². The molecule has 0 saturated carbocycles. The number of pyridine rings is 1. The fraction of sp³-hybridized carbons (Fsp3) is 0.294. The quantitative estimate of drug-likeness (QED) is 0.838. The Hall–Kier alpha value is -2.60. The Morgan fingerprint density at radius 3 is 2.39 bits per heavy atom. The Bertz CT molecular complexity index is 613. The van der Waals surface area contributed by atoms with E-state index in [-0.39, 0.29) is 12.6 Å². The molecule has 0 unspecified atom stereocenters. The first-order valence-electron chi connectivity index (χ1n) is 7.60. The molecule has 6 heteroatoms. The number of anilines is 1. The van der Waals surface area contributed by atoms with Crippen LogP contribution < -0.4 is 9.64 Å². The first kappa shape index (κ1) is 15.3. The Kier molecular flexibility index (Phi) is 5.06. The van der Waals surface area contributed by atoms with Gasteiger partial charge in [0, 0.05) is 31.2 Å². The van der Waals surface area contributed by atoms with Crippen LogP contribution in [0.15, 0.2) is 54.9 Å². The maximum Gasteiger partial charge on any atom is 0.362 e. The summed E-state index contributed by atoms with van der Waals surface area (Å²) in [5.74, 6) is 0.276. The number of carbonyl (C=O) groups is 1. The number of hydrogen-bond acceptors (Lipinski definition) is 6. The van der Waals surface area contributed by atoms with Gasteiger partial charge in [0.15, 0.2) is 6.61 Å². The normalized spacial score (nSPS) is 15.2. The van der Waals surface area contributed by atoms with E-state index in [1.807, 2.05) is 30.3 Å². The molecule has 0 spiro atoms. The number of ether oxygens (including phenoxy) is 1. The molecule has 0 N–H and O–H groups in total. The lowest BCUT2D eigenvalue weighted by Gasteiger charge is -2.34. The average molecular weight is 313 g/mol. The van der Waals surface area contributed by atoms with Crippen molar-refractivity contribution in [3.8, 4) is 5.75 Å². The van der Waals surface area contributed by atoms with Gasteiger partial charge in [-0.3, -0.25) is 4.98 Å². The molecule has 23 heavy (non-hydrogen) atoms. The fourth-order valence-electron chi connectivity index (χ4n) is 2.42. The van der Waals surface area contributed by atoms with Crippen LogP contribution in [0.1, 0.15) is 0 Å². The topological polar surface area (TPSA) is 54.9 Å². The second-order valence-corrected chi connectivity index (χ2v) is 5.19. The van der Waals surface area contributed by atoms with Crippen LogP contribution in [-0.4, -0.2) is 48.8 Å². The number of hydrogen-bond donors (Lipinski definition) is 0. The highest BCUT2D eigenvalue weighted by atomic mass is 16.7. The van der Waals surface area contributed by atoms with E-state index >= 15 is 0 Å². The first-order chi connectivity index (χ1) is 11.3. The average Bonchev–Trinajstić information content (AvgIpc) is 2.62. The van der Waals surface area contributed by atoms with Crippen LogP contribution >= 0.6 is 0 Å². The zero-order valence-corrected chi connectivity index (χ0v) is 12.8. The molecule has 1 aromatic heterocycles. The van der Waals surface area contributed by atoms with Gasteiger partial charge in [-0.25, -0.2) is 4.79 Å². The van der Waals surface area contributed by atoms with Crippen LogP contribution in [0, 0.1) is 0 Å². The molecule has 3 rings (SSSR count). The van der Waals surface area contributed by atoms with Crippen molar-refractivity contribution in [3.05, 3.63) is 54.9 Å². The van der Waals surface area contributed by atoms with E-state index < -0.39 is 0 Å². The predicted octanol–water partition coefficient (Wildman–Crippen LogP) is 1.74. The van der Waals surface area contributed by atoms with Gasteiger partial charge in [-0.15, -0.1) is 5.06 Å². The molecule has 0 aliphatic carbocycles. The molecule has 2 heterocycles. The molecule has 0 bridgehead atoms. The van der Waals surface area contributed by atoms with Crippen LogP contribution in [0.3, 0.4) is 0 Å². The molecule has 1 saturated heterocycles. The summed E-state index contributed by atoms with van der Waals surface area (Å²) < 4.78 is 5.38. The highest BCUT2D eigenvalue weighted by molar-refractivity contribution is 5.70. The second kappa shape index (κ2) is 7.60. The first-order valence-corrected chi connectivity index (χ1v) is 7.60. The maximum absolute atomic E-state index is 11.8. The second-order valence-electron chi connectivity index (χ2n) is 5.19. The van der Waals surface area contributed by atoms with Crippen molar-refractivity contribution >= 4 is 11.7 Å². The lowest BCUT2D eigenvalue weighted by Crippen LogP contribution is -2.47. The minimum absolute atomic E-state index is 0.0887. The van der Waals surface area contributed by atoms with Gasteiger partial charge in [0.1, 0.15) is 5.75 Å². The molecule has 120 valence electrons. The van der Waals surface area contributed by atoms with Gasteiger partial charge in [-0.05, 0) is 24.3 Å². The standard InChI is InChI=1S/C17H19N3O3/c21-17(14-22-16-4-2-1-3-5-16)23-20-12-10-19(11-13-20)15-6-8-18-9-7-15/h1-9H,10-14H2. The molecule has 1 aliphatic rings. The van der Waals surface area contributed by atoms with Crippen molar-refractivity contribution < 1.29 is 14.4 Å². The van der Waals surface area contributed by atoms with E-state index in [0.717, 1.165) is 18.8 Å². The zero-order chi connectivity index (χ0) is 15.9. The van der Waals surface area contributed by atoms with E-state index in [2.05, 4.69) is 9.88 Å². The number of aromatic nitrogens is 1. The van der Waals surface area contributed by atoms with Crippen LogP contribution in [-0.2, 0) is 9.63 Å². The summed E-state index contributed by atoms with van der Waals surface area (Å²) in [5, 5.41) is 1.69. The molecular weight excluding hydrogens is 294 g/mol. The van der Waals surface area contributed by atoms with Gasteiger partial charge in [-0.1, -0.05) is 18.2 Å². The van der Waals surface area contributed by atoms with Gasteiger partial charge >= 0.3 is 5.97 Å². The highest BCUT2D eigenvalue weighted by Gasteiger charge is 2.20. The molecule has 1 aromatic carbocycles. The number of rotatable bonds is 5. The van der Waals surface area contributed by atoms with E-state index in [4.69, 9.17) is 9.57 Å². The Morgan fingerprint density at radius 2 is 1.70 bits per heavy atom. The van der Waals surface area contributed by atoms with E-state index in [9.17, 15) is 4.79 Å². The molecule has 0 amide bonds. The van der Waals surface area contributed by atoms with Crippen molar-refractivity contribution in [3.63, 3.8) is 0 Å².